The molecule has 0 amide bonds. The summed E-state index contributed by atoms with van der Waals surface area (Å²) in [5.41, 5.74) is 5.40. The Kier molecular flexibility index (Phi) is 3.80. The summed E-state index contributed by atoms with van der Waals surface area (Å²) in [4.78, 5) is 0. The van der Waals surface area contributed by atoms with E-state index in [1.54, 1.807) is 0 Å². The van der Waals surface area contributed by atoms with Crippen molar-refractivity contribution < 1.29 is 0 Å². The molecule has 0 radical (unpaired) electrons. The molecule has 2 aromatic carbocycles. The molecule has 0 atom stereocenters. The molecule has 3 aromatic rings. The van der Waals surface area contributed by atoms with Gasteiger partial charge >= 0.3 is 0 Å². The molecule has 0 aliphatic rings. The zero-order chi connectivity index (χ0) is 14.8. The van der Waals surface area contributed by atoms with Crippen LogP contribution >= 0.6 is 0 Å². The van der Waals surface area contributed by atoms with Crippen LogP contribution in [0.25, 0.3) is 10.8 Å². The SMILES string of the molecule is Cc1cc(CNCc2cccc3ccccc23)c(C)n1C. The predicted molar refractivity (Wildman–Crippen MR) is 89.4 cm³/mol. The second-order valence-corrected chi connectivity index (χ2v) is 5.70. The highest BCUT2D eigenvalue weighted by Crippen LogP contribution is 2.19. The second kappa shape index (κ2) is 5.74. The molecular weight excluding hydrogens is 256 g/mol. The fourth-order valence-electron chi connectivity index (χ4n) is 2.89. The van der Waals surface area contributed by atoms with Crippen molar-refractivity contribution in [3.05, 3.63) is 71.0 Å². The maximum Gasteiger partial charge on any atom is 0.0226 e. The van der Waals surface area contributed by atoms with Crippen LogP contribution in [0.15, 0.2) is 48.5 Å². The van der Waals surface area contributed by atoms with Crippen molar-refractivity contribution in [1.82, 2.24) is 9.88 Å². The van der Waals surface area contributed by atoms with E-state index in [0.29, 0.717) is 0 Å². The van der Waals surface area contributed by atoms with Crippen LogP contribution in [0.5, 0.6) is 0 Å². The van der Waals surface area contributed by atoms with Crippen LogP contribution in [0.4, 0.5) is 0 Å². The fourth-order valence-corrected chi connectivity index (χ4v) is 2.89. The molecular formula is C19H22N2. The molecule has 0 spiro atoms. The third-order valence-corrected chi connectivity index (χ3v) is 4.39. The summed E-state index contributed by atoms with van der Waals surface area (Å²) in [6.45, 7) is 6.15. The lowest BCUT2D eigenvalue weighted by atomic mass is 10.0. The summed E-state index contributed by atoms with van der Waals surface area (Å²) in [6, 6.07) is 17.4. The van der Waals surface area contributed by atoms with E-state index in [1.165, 1.54) is 33.3 Å². The zero-order valence-corrected chi connectivity index (χ0v) is 13.0. The first-order valence-electron chi connectivity index (χ1n) is 7.46. The van der Waals surface area contributed by atoms with Gasteiger partial charge in [-0.05, 0) is 41.8 Å². The van der Waals surface area contributed by atoms with Crippen LogP contribution in [0.3, 0.4) is 0 Å². The molecule has 0 saturated carbocycles. The van der Waals surface area contributed by atoms with Crippen LogP contribution in [-0.4, -0.2) is 4.57 Å². The van der Waals surface area contributed by atoms with Gasteiger partial charge in [-0.25, -0.2) is 0 Å². The normalized spacial score (nSPS) is 11.2. The van der Waals surface area contributed by atoms with Gasteiger partial charge in [-0.2, -0.15) is 0 Å². The molecule has 0 aliphatic heterocycles. The molecule has 0 bridgehead atoms. The molecule has 1 heterocycles. The highest BCUT2D eigenvalue weighted by Gasteiger charge is 2.06. The van der Waals surface area contributed by atoms with Gasteiger partial charge in [0.15, 0.2) is 0 Å². The number of hydrogen-bond donors (Lipinski definition) is 1. The first-order valence-corrected chi connectivity index (χ1v) is 7.46. The van der Waals surface area contributed by atoms with Crippen molar-refractivity contribution in [3.63, 3.8) is 0 Å². The minimum Gasteiger partial charge on any atom is -0.352 e. The maximum atomic E-state index is 3.58. The molecule has 108 valence electrons. The summed E-state index contributed by atoms with van der Waals surface area (Å²) in [5.74, 6) is 0. The molecule has 0 saturated heterocycles. The van der Waals surface area contributed by atoms with Crippen molar-refractivity contribution in [2.45, 2.75) is 26.9 Å². The first-order chi connectivity index (χ1) is 10.2. The smallest absolute Gasteiger partial charge is 0.0226 e. The summed E-state index contributed by atoms with van der Waals surface area (Å²) >= 11 is 0. The third kappa shape index (κ3) is 2.72. The summed E-state index contributed by atoms with van der Waals surface area (Å²) in [5, 5.41) is 6.23. The Morgan fingerprint density at radius 1 is 0.905 bits per heavy atom. The lowest BCUT2D eigenvalue weighted by molar-refractivity contribution is 0.690. The van der Waals surface area contributed by atoms with Gasteiger partial charge in [0.1, 0.15) is 0 Å². The van der Waals surface area contributed by atoms with Crippen LogP contribution < -0.4 is 5.32 Å². The Morgan fingerprint density at radius 2 is 1.62 bits per heavy atom. The van der Waals surface area contributed by atoms with Crippen molar-refractivity contribution in [3.8, 4) is 0 Å². The first kappa shape index (κ1) is 13.9. The largest absolute Gasteiger partial charge is 0.352 e. The van der Waals surface area contributed by atoms with Gasteiger partial charge in [0.2, 0.25) is 0 Å². The average Bonchev–Trinajstić information content (AvgIpc) is 2.75. The molecule has 0 aliphatic carbocycles. The number of rotatable bonds is 4. The Labute approximate surface area is 126 Å². The lowest BCUT2D eigenvalue weighted by Crippen LogP contribution is -2.13. The number of nitrogens with one attached hydrogen (secondary N) is 1. The number of aryl methyl sites for hydroxylation is 1. The van der Waals surface area contributed by atoms with E-state index in [-0.39, 0.29) is 0 Å². The second-order valence-electron chi connectivity index (χ2n) is 5.70. The molecule has 3 rings (SSSR count). The molecule has 0 fully saturated rings. The van der Waals surface area contributed by atoms with Gasteiger partial charge in [-0.3, -0.25) is 0 Å². The van der Waals surface area contributed by atoms with Crippen LogP contribution in [0.2, 0.25) is 0 Å². The Morgan fingerprint density at radius 3 is 2.38 bits per heavy atom. The van der Waals surface area contributed by atoms with Crippen LogP contribution in [0, 0.1) is 13.8 Å². The molecule has 2 nitrogen and oxygen atoms in total. The number of aromatic nitrogens is 1. The fraction of sp³-hybridized carbons (Fsp3) is 0.263. The van der Waals surface area contributed by atoms with E-state index in [4.69, 9.17) is 0 Å². The summed E-state index contributed by atoms with van der Waals surface area (Å²) in [7, 11) is 2.12. The van der Waals surface area contributed by atoms with Gasteiger partial charge in [0.05, 0.1) is 0 Å². The summed E-state index contributed by atoms with van der Waals surface area (Å²) in [6.07, 6.45) is 0. The Bertz CT molecular complexity index is 763. The van der Waals surface area contributed by atoms with E-state index in [0.717, 1.165) is 13.1 Å². The van der Waals surface area contributed by atoms with Crippen molar-refractivity contribution >= 4 is 10.8 Å². The molecule has 1 aromatic heterocycles. The third-order valence-electron chi connectivity index (χ3n) is 4.39. The number of nitrogens with zero attached hydrogens (tertiary/aromatic N) is 1. The standard InChI is InChI=1S/C19H22N2/c1-14-11-18(15(2)21(14)3)13-20-12-17-9-6-8-16-7-4-5-10-19(16)17/h4-11,20H,12-13H2,1-3H3. The van der Waals surface area contributed by atoms with E-state index in [9.17, 15) is 0 Å². The van der Waals surface area contributed by atoms with Gasteiger partial charge in [-0.1, -0.05) is 42.5 Å². The number of benzene rings is 2. The topological polar surface area (TPSA) is 17.0 Å². The van der Waals surface area contributed by atoms with Crippen molar-refractivity contribution in [2.24, 2.45) is 7.05 Å². The van der Waals surface area contributed by atoms with E-state index in [1.807, 2.05) is 0 Å². The van der Waals surface area contributed by atoms with E-state index < -0.39 is 0 Å². The van der Waals surface area contributed by atoms with Gasteiger partial charge in [-0.15, -0.1) is 0 Å². The minimum absolute atomic E-state index is 0.898. The Hall–Kier alpha value is -2.06. The van der Waals surface area contributed by atoms with Gasteiger partial charge in [0, 0.05) is 31.5 Å². The maximum absolute atomic E-state index is 3.58. The van der Waals surface area contributed by atoms with E-state index >= 15 is 0 Å². The predicted octanol–water partition coefficient (Wildman–Crippen LogP) is 4.08. The van der Waals surface area contributed by atoms with Gasteiger partial charge in [0.25, 0.3) is 0 Å². The van der Waals surface area contributed by atoms with E-state index in [2.05, 4.69) is 79.3 Å². The van der Waals surface area contributed by atoms with Crippen molar-refractivity contribution in [2.75, 3.05) is 0 Å². The highest BCUT2D eigenvalue weighted by atomic mass is 15.0. The minimum atomic E-state index is 0.898. The monoisotopic (exact) mass is 278 g/mol. The number of fused-ring (bicyclic) bond motifs is 1. The highest BCUT2D eigenvalue weighted by molar-refractivity contribution is 5.85. The summed E-state index contributed by atoms with van der Waals surface area (Å²) < 4.78 is 2.24. The van der Waals surface area contributed by atoms with Crippen molar-refractivity contribution in [1.29, 1.82) is 0 Å². The van der Waals surface area contributed by atoms with Crippen LogP contribution in [-0.2, 0) is 20.1 Å². The number of hydrogen-bond acceptors (Lipinski definition) is 1. The quantitative estimate of drug-likeness (QED) is 0.760. The average molecular weight is 278 g/mol. The zero-order valence-electron chi connectivity index (χ0n) is 13.0. The van der Waals surface area contributed by atoms with Gasteiger partial charge < -0.3 is 9.88 Å². The lowest BCUT2D eigenvalue weighted by Gasteiger charge is -2.08. The Balaban J connectivity index is 1.74. The molecule has 2 heteroatoms. The molecule has 21 heavy (non-hydrogen) atoms. The molecule has 0 unspecified atom stereocenters. The van der Waals surface area contributed by atoms with Crippen LogP contribution in [0.1, 0.15) is 22.5 Å². The molecule has 1 N–H and O–H groups in total.